The SMILES string of the molecule is COc1cccc(/C=C2\Oc3cc(OC(=O)c4cccs4)ccc3C2=O)c1. The predicted molar refractivity (Wildman–Crippen MR) is 102 cm³/mol. The molecule has 2 aromatic carbocycles. The smallest absolute Gasteiger partial charge is 0.353 e. The molecule has 0 saturated carbocycles. The Kier molecular flexibility index (Phi) is 4.48. The number of ketones is 1. The largest absolute Gasteiger partial charge is 0.497 e. The molecule has 0 unspecified atom stereocenters. The lowest BCUT2D eigenvalue weighted by Gasteiger charge is -2.04. The molecule has 0 fully saturated rings. The van der Waals surface area contributed by atoms with Crippen molar-refractivity contribution < 1.29 is 23.8 Å². The second-order valence-electron chi connectivity index (χ2n) is 5.74. The minimum atomic E-state index is -0.443. The molecular weight excluding hydrogens is 364 g/mol. The number of benzene rings is 2. The van der Waals surface area contributed by atoms with Gasteiger partial charge in [0.25, 0.3) is 0 Å². The second kappa shape index (κ2) is 7.09. The van der Waals surface area contributed by atoms with Crippen molar-refractivity contribution in [3.63, 3.8) is 0 Å². The van der Waals surface area contributed by atoms with Gasteiger partial charge in [0.05, 0.1) is 12.7 Å². The Balaban J connectivity index is 1.57. The van der Waals surface area contributed by atoms with Crippen molar-refractivity contribution in [1.82, 2.24) is 0 Å². The summed E-state index contributed by atoms with van der Waals surface area (Å²) in [6, 6.07) is 15.5. The first-order chi connectivity index (χ1) is 13.1. The lowest BCUT2D eigenvalue weighted by atomic mass is 10.1. The molecule has 0 saturated heterocycles. The number of carbonyl (C=O) groups excluding carboxylic acids is 2. The summed E-state index contributed by atoms with van der Waals surface area (Å²) in [6.07, 6.45) is 1.65. The highest BCUT2D eigenvalue weighted by molar-refractivity contribution is 7.12. The molecule has 0 radical (unpaired) electrons. The number of hydrogen-bond donors (Lipinski definition) is 0. The third-order valence-electron chi connectivity index (χ3n) is 3.97. The van der Waals surface area contributed by atoms with Gasteiger partial charge in [-0.25, -0.2) is 4.79 Å². The van der Waals surface area contributed by atoms with Gasteiger partial charge in [-0.1, -0.05) is 18.2 Å². The van der Waals surface area contributed by atoms with E-state index in [0.717, 1.165) is 5.56 Å². The number of Topliss-reactive ketones (excluding diaryl/α,β-unsaturated/α-hetero) is 1. The van der Waals surface area contributed by atoms with Gasteiger partial charge in [-0.3, -0.25) is 4.79 Å². The molecule has 0 spiro atoms. The van der Waals surface area contributed by atoms with Crippen LogP contribution in [-0.2, 0) is 0 Å². The van der Waals surface area contributed by atoms with Gasteiger partial charge in [-0.15, -0.1) is 11.3 Å². The Labute approximate surface area is 159 Å². The van der Waals surface area contributed by atoms with Gasteiger partial charge in [0.2, 0.25) is 5.78 Å². The van der Waals surface area contributed by atoms with Crippen LogP contribution in [0, 0.1) is 0 Å². The molecule has 1 aliphatic rings. The molecule has 134 valence electrons. The molecule has 6 heteroatoms. The normalized spacial score (nSPS) is 14.0. The molecular formula is C21H14O5S. The summed E-state index contributed by atoms with van der Waals surface area (Å²) in [7, 11) is 1.58. The summed E-state index contributed by atoms with van der Waals surface area (Å²) in [4.78, 5) is 25.1. The van der Waals surface area contributed by atoms with Crippen LogP contribution in [-0.4, -0.2) is 18.9 Å². The Morgan fingerprint density at radius 3 is 2.74 bits per heavy atom. The van der Waals surface area contributed by atoms with Crippen LogP contribution >= 0.6 is 11.3 Å². The second-order valence-corrected chi connectivity index (χ2v) is 6.69. The van der Waals surface area contributed by atoms with Crippen molar-refractivity contribution >= 4 is 29.2 Å². The highest BCUT2D eigenvalue weighted by Crippen LogP contribution is 2.35. The van der Waals surface area contributed by atoms with Crippen LogP contribution < -0.4 is 14.2 Å². The molecule has 0 bridgehead atoms. The maximum absolute atomic E-state index is 12.5. The van der Waals surface area contributed by atoms with Crippen molar-refractivity contribution in [2.45, 2.75) is 0 Å². The van der Waals surface area contributed by atoms with E-state index in [1.54, 1.807) is 55.0 Å². The minimum absolute atomic E-state index is 0.208. The van der Waals surface area contributed by atoms with Crippen molar-refractivity contribution in [3.05, 3.63) is 81.7 Å². The standard InChI is InChI=1S/C21H14O5S/c1-24-14-5-2-4-13(10-14)11-18-20(22)16-8-7-15(12-17(16)26-18)25-21(23)19-6-3-9-27-19/h2-12H,1H3/b18-11-. The van der Waals surface area contributed by atoms with E-state index in [2.05, 4.69) is 0 Å². The van der Waals surface area contributed by atoms with E-state index in [1.165, 1.54) is 11.3 Å². The van der Waals surface area contributed by atoms with Gasteiger partial charge < -0.3 is 14.2 Å². The van der Waals surface area contributed by atoms with Crippen LogP contribution in [0.15, 0.2) is 65.7 Å². The zero-order chi connectivity index (χ0) is 18.8. The fourth-order valence-electron chi connectivity index (χ4n) is 2.67. The molecule has 3 aromatic rings. The van der Waals surface area contributed by atoms with E-state index in [1.807, 2.05) is 18.2 Å². The molecule has 4 rings (SSSR count). The number of fused-ring (bicyclic) bond motifs is 1. The summed E-state index contributed by atoms with van der Waals surface area (Å²) < 4.78 is 16.2. The zero-order valence-electron chi connectivity index (χ0n) is 14.3. The number of allylic oxidation sites excluding steroid dienone is 1. The van der Waals surface area contributed by atoms with Gasteiger partial charge in [0.15, 0.2) is 5.76 Å². The minimum Gasteiger partial charge on any atom is -0.497 e. The van der Waals surface area contributed by atoms with Crippen LogP contribution in [0.3, 0.4) is 0 Å². The average molecular weight is 378 g/mol. The van der Waals surface area contributed by atoms with Crippen LogP contribution in [0.2, 0.25) is 0 Å². The number of carbonyl (C=O) groups is 2. The Morgan fingerprint density at radius 1 is 1.07 bits per heavy atom. The van der Waals surface area contributed by atoms with E-state index < -0.39 is 5.97 Å². The molecule has 1 aromatic heterocycles. The molecule has 27 heavy (non-hydrogen) atoms. The van der Waals surface area contributed by atoms with Gasteiger partial charge in [-0.2, -0.15) is 0 Å². The number of ether oxygens (including phenoxy) is 3. The first kappa shape index (κ1) is 17.1. The number of hydrogen-bond acceptors (Lipinski definition) is 6. The zero-order valence-corrected chi connectivity index (χ0v) is 15.1. The third-order valence-corrected chi connectivity index (χ3v) is 4.82. The van der Waals surface area contributed by atoms with Crippen molar-refractivity contribution in [1.29, 1.82) is 0 Å². The van der Waals surface area contributed by atoms with Crippen molar-refractivity contribution in [2.75, 3.05) is 7.11 Å². The molecule has 0 aliphatic carbocycles. The molecule has 0 amide bonds. The molecule has 2 heterocycles. The Hall–Kier alpha value is -3.38. The Morgan fingerprint density at radius 2 is 1.96 bits per heavy atom. The predicted octanol–water partition coefficient (Wildman–Crippen LogP) is 4.59. The fraction of sp³-hybridized carbons (Fsp3) is 0.0476. The Bertz CT molecular complexity index is 1050. The monoisotopic (exact) mass is 378 g/mol. The molecule has 0 N–H and O–H groups in total. The first-order valence-electron chi connectivity index (χ1n) is 8.12. The summed E-state index contributed by atoms with van der Waals surface area (Å²) in [6.45, 7) is 0. The van der Waals surface area contributed by atoms with Crippen LogP contribution in [0.5, 0.6) is 17.2 Å². The summed E-state index contributed by atoms with van der Waals surface area (Å²) >= 11 is 1.30. The number of esters is 1. The average Bonchev–Trinajstić information content (AvgIpc) is 3.31. The van der Waals surface area contributed by atoms with E-state index in [-0.39, 0.29) is 11.5 Å². The van der Waals surface area contributed by atoms with Gasteiger partial charge in [0, 0.05) is 6.07 Å². The van der Waals surface area contributed by atoms with Crippen LogP contribution in [0.25, 0.3) is 6.08 Å². The first-order valence-corrected chi connectivity index (χ1v) is 9.00. The van der Waals surface area contributed by atoms with Gasteiger partial charge in [0.1, 0.15) is 22.1 Å². The van der Waals surface area contributed by atoms with Gasteiger partial charge >= 0.3 is 5.97 Å². The fourth-order valence-corrected chi connectivity index (χ4v) is 3.26. The van der Waals surface area contributed by atoms with Crippen molar-refractivity contribution in [3.8, 4) is 17.2 Å². The van der Waals surface area contributed by atoms with Crippen molar-refractivity contribution in [2.24, 2.45) is 0 Å². The molecule has 1 aliphatic heterocycles. The van der Waals surface area contributed by atoms with E-state index in [0.29, 0.717) is 27.7 Å². The highest BCUT2D eigenvalue weighted by atomic mass is 32.1. The van der Waals surface area contributed by atoms with E-state index in [4.69, 9.17) is 14.2 Å². The lowest BCUT2D eigenvalue weighted by molar-refractivity contribution is 0.0739. The lowest BCUT2D eigenvalue weighted by Crippen LogP contribution is -2.06. The third kappa shape index (κ3) is 3.47. The van der Waals surface area contributed by atoms with Gasteiger partial charge in [-0.05, 0) is 47.4 Å². The molecule has 0 atom stereocenters. The number of thiophene rings is 1. The van der Waals surface area contributed by atoms with Crippen LogP contribution in [0.1, 0.15) is 25.6 Å². The van der Waals surface area contributed by atoms with E-state index >= 15 is 0 Å². The molecule has 5 nitrogen and oxygen atoms in total. The summed E-state index contributed by atoms with van der Waals surface area (Å²) in [5.74, 6) is 0.925. The number of rotatable bonds is 4. The summed E-state index contributed by atoms with van der Waals surface area (Å²) in [5.41, 5.74) is 1.22. The quantitative estimate of drug-likeness (QED) is 0.377. The maximum atomic E-state index is 12.5. The number of methoxy groups -OCH3 is 1. The summed E-state index contributed by atoms with van der Waals surface area (Å²) in [5, 5.41) is 1.80. The topological polar surface area (TPSA) is 61.8 Å². The maximum Gasteiger partial charge on any atom is 0.353 e. The van der Waals surface area contributed by atoms with Crippen LogP contribution in [0.4, 0.5) is 0 Å². The highest BCUT2D eigenvalue weighted by Gasteiger charge is 2.28. The van der Waals surface area contributed by atoms with E-state index in [9.17, 15) is 9.59 Å².